The highest BCUT2D eigenvalue weighted by Crippen LogP contribution is 2.12. The number of nitrogens with one attached hydrogen (secondary N) is 1. The molecule has 114 valence electrons. The highest BCUT2D eigenvalue weighted by molar-refractivity contribution is 7.89. The summed E-state index contributed by atoms with van der Waals surface area (Å²) in [6.07, 6.45) is 2.82. The number of carbonyl (C=O) groups excluding carboxylic acids is 1. The summed E-state index contributed by atoms with van der Waals surface area (Å²) in [5.74, 6) is -0.672. The van der Waals surface area contributed by atoms with Gasteiger partial charge in [-0.1, -0.05) is 18.2 Å². The van der Waals surface area contributed by atoms with E-state index in [9.17, 15) is 17.6 Å². The van der Waals surface area contributed by atoms with Crippen molar-refractivity contribution in [1.29, 1.82) is 0 Å². The molecule has 6 heteroatoms. The van der Waals surface area contributed by atoms with Crippen LogP contribution >= 0.6 is 0 Å². The second kappa shape index (κ2) is 6.64. The molecule has 0 aliphatic heterocycles. The van der Waals surface area contributed by atoms with Gasteiger partial charge in [0, 0.05) is 5.56 Å². The van der Waals surface area contributed by atoms with Crippen molar-refractivity contribution in [2.24, 2.45) is 0 Å². The van der Waals surface area contributed by atoms with Gasteiger partial charge >= 0.3 is 0 Å². The quantitative estimate of drug-likeness (QED) is 0.681. The van der Waals surface area contributed by atoms with Crippen molar-refractivity contribution >= 4 is 21.9 Å². The van der Waals surface area contributed by atoms with Gasteiger partial charge in [-0.25, -0.2) is 17.5 Å². The standard InChI is InChI=1S/C16H14FNO3S/c1-18-22(20,21)15-8-6-13(7-9-15)16(19)10-5-12-3-2-4-14(17)11-12/h2-11,18H,1H3/b10-5+. The minimum Gasteiger partial charge on any atom is -0.289 e. The van der Waals surface area contributed by atoms with Crippen molar-refractivity contribution in [3.05, 3.63) is 71.6 Å². The van der Waals surface area contributed by atoms with Crippen LogP contribution in [-0.2, 0) is 10.0 Å². The maximum atomic E-state index is 13.0. The van der Waals surface area contributed by atoms with E-state index in [1.807, 2.05) is 0 Å². The smallest absolute Gasteiger partial charge is 0.240 e. The summed E-state index contributed by atoms with van der Waals surface area (Å²) >= 11 is 0. The van der Waals surface area contributed by atoms with Crippen LogP contribution in [0.5, 0.6) is 0 Å². The van der Waals surface area contributed by atoms with E-state index in [-0.39, 0.29) is 16.5 Å². The molecule has 2 aromatic carbocycles. The number of allylic oxidation sites excluding steroid dienone is 1. The van der Waals surface area contributed by atoms with E-state index in [0.29, 0.717) is 11.1 Å². The van der Waals surface area contributed by atoms with Crippen molar-refractivity contribution in [2.75, 3.05) is 7.05 Å². The first-order chi connectivity index (χ1) is 10.4. The Balaban J connectivity index is 2.17. The van der Waals surface area contributed by atoms with Crippen LogP contribution in [0.3, 0.4) is 0 Å². The van der Waals surface area contributed by atoms with Gasteiger partial charge in [0.25, 0.3) is 0 Å². The number of carbonyl (C=O) groups is 1. The van der Waals surface area contributed by atoms with E-state index in [2.05, 4.69) is 4.72 Å². The Hall–Kier alpha value is -2.31. The summed E-state index contributed by atoms with van der Waals surface area (Å²) in [7, 11) is -2.21. The molecule has 2 rings (SSSR count). The Bertz CT molecular complexity index is 812. The topological polar surface area (TPSA) is 63.2 Å². The third-order valence-electron chi connectivity index (χ3n) is 2.99. The van der Waals surface area contributed by atoms with Crippen LogP contribution in [0.15, 0.2) is 59.5 Å². The lowest BCUT2D eigenvalue weighted by Crippen LogP contribution is -2.18. The fourth-order valence-electron chi connectivity index (χ4n) is 1.79. The molecule has 0 aromatic heterocycles. The molecule has 0 amide bonds. The second-order valence-corrected chi connectivity index (χ2v) is 6.37. The van der Waals surface area contributed by atoms with E-state index in [1.54, 1.807) is 12.1 Å². The predicted molar refractivity (Wildman–Crippen MR) is 82.5 cm³/mol. The zero-order chi connectivity index (χ0) is 16.2. The Labute approximate surface area is 128 Å². The molecule has 0 aliphatic rings. The summed E-state index contributed by atoms with van der Waals surface area (Å²) in [5.41, 5.74) is 0.922. The van der Waals surface area contributed by atoms with E-state index in [1.165, 1.54) is 55.6 Å². The molecular weight excluding hydrogens is 305 g/mol. The Morgan fingerprint density at radius 1 is 1.14 bits per heavy atom. The first-order valence-electron chi connectivity index (χ1n) is 6.44. The van der Waals surface area contributed by atoms with Crippen molar-refractivity contribution in [2.45, 2.75) is 4.90 Å². The molecular formula is C16H14FNO3S. The molecule has 0 spiro atoms. The Kier molecular flexibility index (Phi) is 4.85. The molecule has 0 saturated heterocycles. The summed E-state index contributed by atoms with van der Waals surface area (Å²) in [5, 5.41) is 0. The monoisotopic (exact) mass is 319 g/mol. The van der Waals surface area contributed by atoms with Crippen LogP contribution in [0.4, 0.5) is 4.39 Å². The first kappa shape index (κ1) is 16.1. The van der Waals surface area contributed by atoms with Crippen LogP contribution in [0.2, 0.25) is 0 Å². The van der Waals surface area contributed by atoms with Gasteiger partial charge in [-0.2, -0.15) is 0 Å². The molecule has 0 fully saturated rings. The van der Waals surface area contributed by atoms with Gasteiger partial charge in [-0.3, -0.25) is 4.79 Å². The lowest BCUT2D eigenvalue weighted by molar-refractivity contribution is 0.104. The number of hydrogen-bond donors (Lipinski definition) is 1. The van der Waals surface area contributed by atoms with Crippen LogP contribution in [0.25, 0.3) is 6.08 Å². The average molecular weight is 319 g/mol. The lowest BCUT2D eigenvalue weighted by atomic mass is 10.1. The first-order valence-corrected chi connectivity index (χ1v) is 7.92. The fraction of sp³-hybridized carbons (Fsp3) is 0.0625. The molecule has 0 bridgehead atoms. The van der Waals surface area contributed by atoms with Crippen LogP contribution in [0.1, 0.15) is 15.9 Å². The van der Waals surface area contributed by atoms with Crippen molar-refractivity contribution in [1.82, 2.24) is 4.72 Å². The van der Waals surface area contributed by atoms with Gasteiger partial charge in [0.15, 0.2) is 5.78 Å². The molecule has 0 unspecified atom stereocenters. The zero-order valence-corrected chi connectivity index (χ0v) is 12.6. The molecule has 2 aromatic rings. The molecule has 0 heterocycles. The average Bonchev–Trinajstić information content (AvgIpc) is 2.53. The molecule has 0 aliphatic carbocycles. The van der Waals surface area contributed by atoms with Gasteiger partial charge < -0.3 is 0 Å². The normalized spacial score (nSPS) is 11.7. The minimum atomic E-state index is -3.52. The van der Waals surface area contributed by atoms with Gasteiger partial charge in [0.2, 0.25) is 10.0 Å². The van der Waals surface area contributed by atoms with E-state index >= 15 is 0 Å². The maximum absolute atomic E-state index is 13.0. The summed E-state index contributed by atoms with van der Waals surface area (Å²) < 4.78 is 38.4. The summed E-state index contributed by atoms with van der Waals surface area (Å²) in [4.78, 5) is 12.1. The van der Waals surface area contributed by atoms with Crippen molar-refractivity contribution in [3.63, 3.8) is 0 Å². The highest BCUT2D eigenvalue weighted by Gasteiger charge is 2.11. The number of sulfonamides is 1. The predicted octanol–water partition coefficient (Wildman–Crippen LogP) is 2.63. The van der Waals surface area contributed by atoms with Gasteiger partial charge in [0.05, 0.1) is 4.90 Å². The number of halogens is 1. The molecule has 1 N–H and O–H groups in total. The van der Waals surface area contributed by atoms with Crippen LogP contribution < -0.4 is 4.72 Å². The third-order valence-corrected chi connectivity index (χ3v) is 4.42. The van der Waals surface area contributed by atoms with E-state index in [0.717, 1.165) is 0 Å². The van der Waals surface area contributed by atoms with Gasteiger partial charge in [-0.05, 0) is 55.1 Å². The zero-order valence-electron chi connectivity index (χ0n) is 11.8. The number of ketones is 1. The van der Waals surface area contributed by atoms with Crippen LogP contribution in [-0.4, -0.2) is 21.2 Å². The molecule has 22 heavy (non-hydrogen) atoms. The summed E-state index contributed by atoms with van der Waals surface area (Å²) in [6, 6.07) is 11.4. The number of rotatable bonds is 5. The fourth-order valence-corrected chi connectivity index (χ4v) is 2.52. The number of benzene rings is 2. The SMILES string of the molecule is CNS(=O)(=O)c1ccc(C(=O)/C=C/c2cccc(F)c2)cc1. The molecule has 4 nitrogen and oxygen atoms in total. The lowest BCUT2D eigenvalue weighted by Gasteiger charge is -2.02. The largest absolute Gasteiger partial charge is 0.289 e. The van der Waals surface area contributed by atoms with E-state index < -0.39 is 10.0 Å². The molecule has 0 saturated carbocycles. The van der Waals surface area contributed by atoms with Crippen molar-refractivity contribution in [3.8, 4) is 0 Å². The summed E-state index contributed by atoms with van der Waals surface area (Å²) in [6.45, 7) is 0. The maximum Gasteiger partial charge on any atom is 0.240 e. The van der Waals surface area contributed by atoms with Gasteiger partial charge in [0.1, 0.15) is 5.82 Å². The third kappa shape index (κ3) is 3.87. The second-order valence-electron chi connectivity index (χ2n) is 4.48. The minimum absolute atomic E-state index is 0.0839. The van der Waals surface area contributed by atoms with Gasteiger partial charge in [-0.15, -0.1) is 0 Å². The van der Waals surface area contributed by atoms with E-state index in [4.69, 9.17) is 0 Å². The molecule has 0 radical (unpaired) electrons. The van der Waals surface area contributed by atoms with Crippen molar-refractivity contribution < 1.29 is 17.6 Å². The highest BCUT2D eigenvalue weighted by atomic mass is 32.2. The Morgan fingerprint density at radius 3 is 2.41 bits per heavy atom. The Morgan fingerprint density at radius 2 is 1.82 bits per heavy atom. The van der Waals surface area contributed by atoms with Crippen LogP contribution in [0, 0.1) is 5.82 Å². The molecule has 0 atom stereocenters. The number of hydrogen-bond acceptors (Lipinski definition) is 3.